The highest BCUT2D eigenvalue weighted by Gasteiger charge is 2.26. The SMILES string of the molecule is CCn1ccnc1CN1CCN(C[C@@H](C#N)CCC#N)C[C@@H]1C. The van der Waals surface area contributed by atoms with Crippen LogP contribution >= 0.6 is 0 Å². The van der Waals surface area contributed by atoms with Crippen LogP contribution in [0.5, 0.6) is 0 Å². The second kappa shape index (κ2) is 8.67. The van der Waals surface area contributed by atoms with Gasteiger partial charge in [0, 0.05) is 57.6 Å². The smallest absolute Gasteiger partial charge is 0.122 e. The zero-order valence-electron chi connectivity index (χ0n) is 14.1. The van der Waals surface area contributed by atoms with Crippen LogP contribution in [0.3, 0.4) is 0 Å². The van der Waals surface area contributed by atoms with Crippen molar-refractivity contribution in [1.82, 2.24) is 19.4 Å². The van der Waals surface area contributed by atoms with Crippen molar-refractivity contribution in [2.75, 3.05) is 26.2 Å². The minimum absolute atomic E-state index is 0.0348. The van der Waals surface area contributed by atoms with Crippen molar-refractivity contribution in [2.24, 2.45) is 5.92 Å². The topological polar surface area (TPSA) is 71.9 Å². The van der Waals surface area contributed by atoms with Gasteiger partial charge in [0.2, 0.25) is 0 Å². The van der Waals surface area contributed by atoms with E-state index in [9.17, 15) is 5.26 Å². The van der Waals surface area contributed by atoms with Crippen molar-refractivity contribution in [1.29, 1.82) is 10.5 Å². The van der Waals surface area contributed by atoms with E-state index in [4.69, 9.17) is 5.26 Å². The summed E-state index contributed by atoms with van der Waals surface area (Å²) >= 11 is 0. The molecule has 1 saturated heterocycles. The van der Waals surface area contributed by atoms with Gasteiger partial charge in [0.05, 0.1) is 24.6 Å². The van der Waals surface area contributed by atoms with Gasteiger partial charge in [-0.2, -0.15) is 10.5 Å². The van der Waals surface area contributed by atoms with E-state index in [1.165, 1.54) is 0 Å². The molecule has 2 rings (SSSR count). The minimum Gasteiger partial charge on any atom is -0.334 e. The van der Waals surface area contributed by atoms with Crippen LogP contribution in [0.4, 0.5) is 0 Å². The maximum absolute atomic E-state index is 9.22. The minimum atomic E-state index is -0.0348. The Kier molecular flexibility index (Phi) is 6.58. The van der Waals surface area contributed by atoms with E-state index in [2.05, 4.69) is 45.3 Å². The van der Waals surface area contributed by atoms with Crippen molar-refractivity contribution in [3.8, 4) is 12.1 Å². The first kappa shape index (κ1) is 17.5. The quantitative estimate of drug-likeness (QED) is 0.768. The lowest BCUT2D eigenvalue weighted by Gasteiger charge is -2.40. The summed E-state index contributed by atoms with van der Waals surface area (Å²) in [4.78, 5) is 9.28. The third kappa shape index (κ3) is 4.79. The van der Waals surface area contributed by atoms with E-state index in [1.807, 2.05) is 12.4 Å². The molecule has 0 amide bonds. The monoisotopic (exact) mass is 314 g/mol. The zero-order chi connectivity index (χ0) is 16.7. The first-order valence-corrected chi connectivity index (χ1v) is 8.40. The second-order valence-corrected chi connectivity index (χ2v) is 6.23. The van der Waals surface area contributed by atoms with Crippen molar-refractivity contribution < 1.29 is 0 Å². The summed E-state index contributed by atoms with van der Waals surface area (Å²) in [6, 6.07) is 4.92. The fourth-order valence-corrected chi connectivity index (χ4v) is 3.18. The Hall–Kier alpha value is -1.89. The average Bonchev–Trinajstić information content (AvgIpc) is 3.01. The summed E-state index contributed by atoms with van der Waals surface area (Å²) < 4.78 is 2.19. The highest BCUT2D eigenvalue weighted by atomic mass is 15.3. The Balaban J connectivity index is 1.85. The highest BCUT2D eigenvalue weighted by molar-refractivity contribution is 4.95. The second-order valence-electron chi connectivity index (χ2n) is 6.23. The Labute approximate surface area is 138 Å². The Morgan fingerprint density at radius 3 is 2.87 bits per heavy atom. The average molecular weight is 314 g/mol. The molecule has 0 N–H and O–H groups in total. The number of aromatic nitrogens is 2. The van der Waals surface area contributed by atoms with Crippen LogP contribution in [0.25, 0.3) is 0 Å². The fraction of sp³-hybridized carbons (Fsp3) is 0.706. The van der Waals surface area contributed by atoms with E-state index in [1.54, 1.807) is 0 Å². The lowest BCUT2D eigenvalue weighted by atomic mass is 10.0. The Morgan fingerprint density at radius 1 is 1.39 bits per heavy atom. The predicted octanol–water partition coefficient (Wildman–Crippen LogP) is 1.85. The Morgan fingerprint density at radius 2 is 2.22 bits per heavy atom. The zero-order valence-corrected chi connectivity index (χ0v) is 14.1. The van der Waals surface area contributed by atoms with Gasteiger partial charge in [-0.25, -0.2) is 4.98 Å². The first-order valence-electron chi connectivity index (χ1n) is 8.40. The summed E-state index contributed by atoms with van der Waals surface area (Å²) in [6.07, 6.45) is 5.04. The molecule has 0 aromatic carbocycles. The summed E-state index contributed by atoms with van der Waals surface area (Å²) in [5.74, 6) is 1.09. The van der Waals surface area contributed by atoms with Crippen LogP contribution in [0.15, 0.2) is 12.4 Å². The molecule has 0 radical (unpaired) electrons. The summed E-state index contributed by atoms with van der Waals surface area (Å²) in [7, 11) is 0. The molecular formula is C17H26N6. The highest BCUT2D eigenvalue weighted by Crippen LogP contribution is 2.16. The molecule has 0 spiro atoms. The summed E-state index contributed by atoms with van der Waals surface area (Å²) in [5, 5.41) is 17.9. The molecule has 1 aliphatic rings. The largest absolute Gasteiger partial charge is 0.334 e. The number of nitriles is 2. The molecular weight excluding hydrogens is 288 g/mol. The maximum Gasteiger partial charge on any atom is 0.122 e. The van der Waals surface area contributed by atoms with Crippen molar-refractivity contribution in [2.45, 2.75) is 45.8 Å². The van der Waals surface area contributed by atoms with Gasteiger partial charge in [-0.15, -0.1) is 0 Å². The van der Waals surface area contributed by atoms with Gasteiger partial charge in [0.15, 0.2) is 0 Å². The first-order chi connectivity index (χ1) is 11.2. The molecule has 1 aromatic rings. The van der Waals surface area contributed by atoms with Gasteiger partial charge in [0.1, 0.15) is 5.82 Å². The van der Waals surface area contributed by atoms with Crippen molar-refractivity contribution >= 4 is 0 Å². The maximum atomic E-state index is 9.22. The van der Waals surface area contributed by atoms with E-state index in [0.29, 0.717) is 18.9 Å². The van der Waals surface area contributed by atoms with E-state index in [-0.39, 0.29) is 5.92 Å². The molecule has 0 aliphatic carbocycles. The van der Waals surface area contributed by atoms with Crippen LogP contribution in [-0.2, 0) is 13.1 Å². The van der Waals surface area contributed by atoms with Crippen LogP contribution in [-0.4, -0.2) is 51.6 Å². The standard InChI is InChI=1S/C17H26N6/c1-3-22-8-7-20-17(22)14-23-10-9-21(12-15(23)2)13-16(11-19)5-4-6-18/h7-8,15-16H,3-5,9-10,12-14H2,1-2H3/t15-,16+/m0/s1. The molecule has 124 valence electrons. The molecule has 2 heterocycles. The number of piperazine rings is 1. The molecule has 2 atom stereocenters. The number of imidazole rings is 1. The number of hydrogen-bond acceptors (Lipinski definition) is 5. The molecule has 1 fully saturated rings. The van der Waals surface area contributed by atoms with E-state index in [0.717, 1.165) is 45.1 Å². The molecule has 23 heavy (non-hydrogen) atoms. The lowest BCUT2D eigenvalue weighted by Crippen LogP contribution is -2.52. The molecule has 0 unspecified atom stereocenters. The van der Waals surface area contributed by atoms with Gasteiger partial charge in [-0.1, -0.05) is 0 Å². The van der Waals surface area contributed by atoms with E-state index >= 15 is 0 Å². The normalized spacial score (nSPS) is 20.8. The lowest BCUT2D eigenvalue weighted by molar-refractivity contribution is 0.0689. The van der Waals surface area contributed by atoms with Crippen molar-refractivity contribution in [3.05, 3.63) is 18.2 Å². The number of hydrogen-bond donors (Lipinski definition) is 0. The van der Waals surface area contributed by atoms with Crippen LogP contribution < -0.4 is 0 Å². The molecule has 6 nitrogen and oxygen atoms in total. The molecule has 0 saturated carbocycles. The van der Waals surface area contributed by atoms with Gasteiger partial charge >= 0.3 is 0 Å². The third-order valence-corrected chi connectivity index (χ3v) is 4.60. The molecule has 0 bridgehead atoms. The molecule has 1 aromatic heterocycles. The molecule has 1 aliphatic heterocycles. The number of rotatable bonds is 7. The number of aryl methyl sites for hydroxylation is 1. The third-order valence-electron chi connectivity index (χ3n) is 4.60. The van der Waals surface area contributed by atoms with Crippen molar-refractivity contribution in [3.63, 3.8) is 0 Å². The van der Waals surface area contributed by atoms with Crippen LogP contribution in [0.1, 0.15) is 32.5 Å². The van der Waals surface area contributed by atoms with Gasteiger partial charge < -0.3 is 4.57 Å². The van der Waals surface area contributed by atoms with Crippen LogP contribution in [0.2, 0.25) is 0 Å². The van der Waals surface area contributed by atoms with Gasteiger partial charge in [0.25, 0.3) is 0 Å². The fourth-order valence-electron chi connectivity index (χ4n) is 3.18. The van der Waals surface area contributed by atoms with E-state index < -0.39 is 0 Å². The van der Waals surface area contributed by atoms with Crippen LogP contribution in [0, 0.1) is 28.6 Å². The molecule has 6 heteroatoms. The summed E-state index contributed by atoms with van der Waals surface area (Å²) in [5.41, 5.74) is 0. The predicted molar refractivity (Wildman–Crippen MR) is 88.2 cm³/mol. The van der Waals surface area contributed by atoms with Gasteiger partial charge in [-0.3, -0.25) is 9.80 Å². The Bertz CT molecular complexity index is 566. The van der Waals surface area contributed by atoms with Gasteiger partial charge in [-0.05, 0) is 20.3 Å². The summed E-state index contributed by atoms with van der Waals surface area (Å²) in [6.45, 7) is 9.92. The number of nitrogens with zero attached hydrogens (tertiary/aromatic N) is 6.